The number of benzene rings is 1. The predicted octanol–water partition coefficient (Wildman–Crippen LogP) is 2.01. The molecule has 2 aromatic heterocycles. The molecule has 1 aromatic carbocycles. The Bertz CT molecular complexity index is 706. The molecule has 0 aliphatic carbocycles. The zero-order chi connectivity index (χ0) is 14.7. The van der Waals surface area contributed by atoms with Gasteiger partial charge in [-0.25, -0.2) is 4.98 Å². The Morgan fingerprint density at radius 3 is 2.95 bits per heavy atom. The molecule has 0 saturated heterocycles. The number of aromatic amines is 1. The number of nitrogens with one attached hydrogen (secondary N) is 2. The van der Waals surface area contributed by atoms with Crippen LogP contribution in [0.15, 0.2) is 35.1 Å². The van der Waals surface area contributed by atoms with Crippen molar-refractivity contribution in [3.63, 3.8) is 0 Å². The fourth-order valence-electron chi connectivity index (χ4n) is 2.02. The maximum atomic E-state index is 5.27. The van der Waals surface area contributed by atoms with E-state index >= 15 is 0 Å². The molecule has 7 heteroatoms. The molecular formula is C14H16N6O. The number of aromatic nitrogens is 5. The van der Waals surface area contributed by atoms with Gasteiger partial charge in [-0.1, -0.05) is 29.4 Å². The Labute approximate surface area is 121 Å². The summed E-state index contributed by atoms with van der Waals surface area (Å²) < 4.78 is 5.27. The van der Waals surface area contributed by atoms with Crippen LogP contribution in [-0.2, 0) is 6.54 Å². The summed E-state index contributed by atoms with van der Waals surface area (Å²) in [5.41, 5.74) is 2.10. The lowest BCUT2D eigenvalue weighted by molar-refractivity contribution is 0.359. The Morgan fingerprint density at radius 2 is 2.19 bits per heavy atom. The molecular weight excluding hydrogens is 268 g/mol. The summed E-state index contributed by atoms with van der Waals surface area (Å²) in [4.78, 5) is 8.51. The molecule has 1 atom stereocenters. The second-order valence-electron chi connectivity index (χ2n) is 4.80. The lowest BCUT2D eigenvalue weighted by Gasteiger charge is -2.07. The van der Waals surface area contributed by atoms with E-state index in [0.717, 1.165) is 17.0 Å². The number of H-pyrrole nitrogens is 1. The van der Waals surface area contributed by atoms with Gasteiger partial charge in [-0.3, -0.25) is 10.4 Å². The Balaban J connectivity index is 1.67. The van der Waals surface area contributed by atoms with Crippen LogP contribution in [0.5, 0.6) is 0 Å². The van der Waals surface area contributed by atoms with Crippen LogP contribution in [0.3, 0.4) is 0 Å². The topological polar surface area (TPSA) is 92.5 Å². The molecule has 0 bridgehead atoms. The van der Waals surface area contributed by atoms with Crippen LogP contribution in [0.2, 0.25) is 0 Å². The summed E-state index contributed by atoms with van der Waals surface area (Å²) in [7, 11) is 0. The predicted molar refractivity (Wildman–Crippen MR) is 76.1 cm³/mol. The normalized spacial score (nSPS) is 12.5. The molecule has 2 N–H and O–H groups in total. The van der Waals surface area contributed by atoms with Gasteiger partial charge in [0.2, 0.25) is 11.7 Å². The summed E-state index contributed by atoms with van der Waals surface area (Å²) in [6.45, 7) is 4.48. The van der Waals surface area contributed by atoms with Gasteiger partial charge < -0.3 is 4.52 Å². The fourth-order valence-corrected chi connectivity index (χ4v) is 2.02. The SMILES string of the molecule is Cc1ccccc1-c1noc(CN[C@@H](C)c2ncn[nH]2)n1. The lowest BCUT2D eigenvalue weighted by Crippen LogP contribution is -2.19. The van der Waals surface area contributed by atoms with E-state index in [1.807, 2.05) is 38.1 Å². The van der Waals surface area contributed by atoms with Crippen molar-refractivity contribution in [2.45, 2.75) is 26.4 Å². The minimum Gasteiger partial charge on any atom is -0.338 e. The molecule has 0 radical (unpaired) electrons. The number of hydrogen-bond donors (Lipinski definition) is 2. The molecule has 0 unspecified atom stereocenters. The Hall–Kier alpha value is -2.54. The number of aryl methyl sites for hydroxylation is 1. The molecule has 3 aromatic rings. The van der Waals surface area contributed by atoms with Crippen molar-refractivity contribution in [2.75, 3.05) is 0 Å². The maximum Gasteiger partial charge on any atom is 0.240 e. The first-order valence-corrected chi connectivity index (χ1v) is 6.71. The zero-order valence-corrected chi connectivity index (χ0v) is 11.9. The highest BCUT2D eigenvalue weighted by Crippen LogP contribution is 2.19. The van der Waals surface area contributed by atoms with Crippen LogP contribution < -0.4 is 5.32 Å². The van der Waals surface area contributed by atoms with E-state index in [4.69, 9.17) is 4.52 Å². The molecule has 0 saturated carbocycles. The van der Waals surface area contributed by atoms with E-state index in [2.05, 4.69) is 30.6 Å². The van der Waals surface area contributed by atoms with Gasteiger partial charge in [0.1, 0.15) is 12.2 Å². The summed E-state index contributed by atoms with van der Waals surface area (Å²) in [5.74, 6) is 1.92. The third kappa shape index (κ3) is 2.97. The molecule has 3 rings (SSSR count). The third-order valence-corrected chi connectivity index (χ3v) is 3.26. The molecule has 0 spiro atoms. The van der Waals surface area contributed by atoms with Crippen molar-refractivity contribution in [1.29, 1.82) is 0 Å². The Kier molecular flexibility index (Phi) is 3.74. The van der Waals surface area contributed by atoms with Gasteiger partial charge in [-0.15, -0.1) is 0 Å². The van der Waals surface area contributed by atoms with E-state index in [1.165, 1.54) is 6.33 Å². The van der Waals surface area contributed by atoms with Crippen molar-refractivity contribution >= 4 is 0 Å². The minimum absolute atomic E-state index is 0.0290. The summed E-state index contributed by atoms with van der Waals surface area (Å²) in [6.07, 6.45) is 1.48. The third-order valence-electron chi connectivity index (χ3n) is 3.26. The van der Waals surface area contributed by atoms with E-state index in [-0.39, 0.29) is 6.04 Å². The van der Waals surface area contributed by atoms with Gasteiger partial charge in [0.15, 0.2) is 0 Å². The molecule has 0 amide bonds. The van der Waals surface area contributed by atoms with Gasteiger partial charge in [-0.05, 0) is 19.4 Å². The molecule has 108 valence electrons. The van der Waals surface area contributed by atoms with Crippen molar-refractivity contribution < 1.29 is 4.52 Å². The quantitative estimate of drug-likeness (QED) is 0.744. The van der Waals surface area contributed by atoms with Crippen LogP contribution in [0.25, 0.3) is 11.4 Å². The molecule has 0 aliphatic heterocycles. The van der Waals surface area contributed by atoms with Crippen LogP contribution in [0, 0.1) is 6.92 Å². The van der Waals surface area contributed by atoms with Crippen LogP contribution in [0.1, 0.15) is 30.2 Å². The largest absolute Gasteiger partial charge is 0.338 e. The number of rotatable bonds is 5. The molecule has 2 heterocycles. The van der Waals surface area contributed by atoms with Crippen molar-refractivity contribution in [3.05, 3.63) is 47.9 Å². The molecule has 21 heavy (non-hydrogen) atoms. The van der Waals surface area contributed by atoms with Crippen molar-refractivity contribution in [1.82, 2.24) is 30.6 Å². The minimum atomic E-state index is 0.0290. The lowest BCUT2D eigenvalue weighted by atomic mass is 10.1. The van der Waals surface area contributed by atoms with Crippen LogP contribution in [-0.4, -0.2) is 25.3 Å². The van der Waals surface area contributed by atoms with Crippen molar-refractivity contribution in [3.8, 4) is 11.4 Å². The average Bonchev–Trinajstić information content (AvgIpc) is 3.17. The standard InChI is InChI=1S/C14H16N6O/c1-9-5-3-4-6-11(9)14-18-12(21-20-14)7-15-10(2)13-16-8-17-19-13/h3-6,8,10,15H,7H2,1-2H3,(H,16,17,19)/t10-/m0/s1. The highest BCUT2D eigenvalue weighted by Gasteiger charge is 2.12. The highest BCUT2D eigenvalue weighted by atomic mass is 16.5. The summed E-state index contributed by atoms with van der Waals surface area (Å²) >= 11 is 0. The van der Waals surface area contributed by atoms with Gasteiger partial charge >= 0.3 is 0 Å². The van der Waals surface area contributed by atoms with Gasteiger partial charge in [0.05, 0.1) is 12.6 Å². The first-order chi connectivity index (χ1) is 10.2. The molecule has 0 aliphatic rings. The summed E-state index contributed by atoms with van der Waals surface area (Å²) in [6, 6.07) is 7.98. The van der Waals surface area contributed by atoms with Gasteiger partial charge in [0.25, 0.3) is 0 Å². The molecule has 7 nitrogen and oxygen atoms in total. The van der Waals surface area contributed by atoms with Crippen LogP contribution in [0.4, 0.5) is 0 Å². The number of nitrogens with zero attached hydrogens (tertiary/aromatic N) is 4. The summed E-state index contributed by atoms with van der Waals surface area (Å²) in [5, 5.41) is 13.9. The molecule has 0 fully saturated rings. The Morgan fingerprint density at radius 1 is 1.33 bits per heavy atom. The first kappa shape index (κ1) is 13.4. The number of hydrogen-bond acceptors (Lipinski definition) is 6. The highest BCUT2D eigenvalue weighted by molar-refractivity contribution is 5.58. The zero-order valence-electron chi connectivity index (χ0n) is 11.9. The van der Waals surface area contributed by atoms with E-state index < -0.39 is 0 Å². The van der Waals surface area contributed by atoms with E-state index in [1.54, 1.807) is 0 Å². The second-order valence-corrected chi connectivity index (χ2v) is 4.80. The fraction of sp³-hybridized carbons (Fsp3) is 0.286. The first-order valence-electron chi connectivity index (χ1n) is 6.71. The van der Waals surface area contributed by atoms with Gasteiger partial charge in [-0.2, -0.15) is 10.1 Å². The van der Waals surface area contributed by atoms with Gasteiger partial charge in [0, 0.05) is 5.56 Å². The van der Waals surface area contributed by atoms with E-state index in [9.17, 15) is 0 Å². The van der Waals surface area contributed by atoms with Crippen molar-refractivity contribution in [2.24, 2.45) is 0 Å². The van der Waals surface area contributed by atoms with Crippen LogP contribution >= 0.6 is 0 Å². The smallest absolute Gasteiger partial charge is 0.240 e. The maximum absolute atomic E-state index is 5.27. The van der Waals surface area contributed by atoms with E-state index in [0.29, 0.717) is 18.3 Å². The second kappa shape index (κ2) is 5.84. The average molecular weight is 284 g/mol. The monoisotopic (exact) mass is 284 g/mol.